The molecule has 0 radical (unpaired) electrons. The van der Waals surface area contributed by atoms with Crippen LogP contribution < -0.4 is 5.32 Å². The number of hydrogen-bond donors (Lipinski definition) is 1. The predicted octanol–water partition coefficient (Wildman–Crippen LogP) is 2.44. The van der Waals surface area contributed by atoms with Crippen LogP contribution in [0.3, 0.4) is 0 Å². The van der Waals surface area contributed by atoms with Crippen molar-refractivity contribution in [3.05, 3.63) is 59.3 Å². The van der Waals surface area contributed by atoms with E-state index in [1.165, 1.54) is 12.7 Å². The molecule has 0 bridgehead atoms. The van der Waals surface area contributed by atoms with Crippen LogP contribution in [0.2, 0.25) is 0 Å². The Hall–Kier alpha value is -2.73. The van der Waals surface area contributed by atoms with Crippen molar-refractivity contribution in [2.24, 2.45) is 0 Å². The van der Waals surface area contributed by atoms with E-state index in [9.17, 15) is 9.59 Å². The second-order valence-corrected chi connectivity index (χ2v) is 5.83. The number of rotatable bonds is 5. The first-order valence-corrected chi connectivity index (χ1v) is 8.17. The molecule has 130 valence electrons. The Kier molecular flexibility index (Phi) is 5.40. The molecule has 0 saturated heterocycles. The number of nitrogens with zero attached hydrogens (tertiary/aromatic N) is 1. The van der Waals surface area contributed by atoms with Gasteiger partial charge in [-0.3, -0.25) is 9.59 Å². The Morgan fingerprint density at radius 1 is 1.24 bits per heavy atom. The first-order valence-electron chi connectivity index (χ1n) is 8.17. The van der Waals surface area contributed by atoms with Crippen molar-refractivity contribution in [3.63, 3.8) is 0 Å². The van der Waals surface area contributed by atoms with Gasteiger partial charge in [0, 0.05) is 0 Å². The number of pyridine rings is 1. The van der Waals surface area contributed by atoms with Crippen molar-refractivity contribution in [1.82, 2.24) is 4.98 Å². The number of anilines is 1. The van der Waals surface area contributed by atoms with E-state index in [2.05, 4.69) is 21.1 Å². The van der Waals surface area contributed by atoms with Crippen molar-refractivity contribution < 1.29 is 19.1 Å². The van der Waals surface area contributed by atoms with Crippen LogP contribution in [0.5, 0.6) is 0 Å². The van der Waals surface area contributed by atoms with Gasteiger partial charge in [-0.1, -0.05) is 30.3 Å². The highest BCUT2D eigenvalue weighted by Crippen LogP contribution is 2.29. The number of nitrogens with one attached hydrogen (secondary N) is 1. The standard InChI is InChI=1S/C19H20N2O4/c1-24-19(23)11-14-6-4-8-17(20-14)21-18(22)12-16-15-7-3-2-5-13(15)9-10-25-16/h2-8,16H,9-12H2,1H3,(H,20,21,22). The monoisotopic (exact) mass is 340 g/mol. The third kappa shape index (κ3) is 4.42. The van der Waals surface area contributed by atoms with Crippen molar-refractivity contribution in [1.29, 1.82) is 0 Å². The highest BCUT2D eigenvalue weighted by Gasteiger charge is 2.23. The highest BCUT2D eigenvalue weighted by molar-refractivity contribution is 5.90. The van der Waals surface area contributed by atoms with Gasteiger partial charge in [0.1, 0.15) is 5.82 Å². The second kappa shape index (κ2) is 7.90. The lowest BCUT2D eigenvalue weighted by molar-refractivity contribution is -0.139. The van der Waals surface area contributed by atoms with Crippen LogP contribution in [-0.2, 0) is 31.9 Å². The van der Waals surface area contributed by atoms with Crippen LogP contribution >= 0.6 is 0 Å². The number of fused-ring (bicyclic) bond motifs is 1. The molecule has 1 atom stereocenters. The van der Waals surface area contributed by atoms with Crippen molar-refractivity contribution in [3.8, 4) is 0 Å². The first kappa shape index (κ1) is 17.1. The summed E-state index contributed by atoms with van der Waals surface area (Å²) >= 11 is 0. The molecule has 1 aromatic heterocycles. The number of benzene rings is 1. The Morgan fingerprint density at radius 3 is 2.92 bits per heavy atom. The van der Waals surface area contributed by atoms with Gasteiger partial charge in [-0.25, -0.2) is 4.98 Å². The van der Waals surface area contributed by atoms with Crippen LogP contribution in [0.15, 0.2) is 42.5 Å². The summed E-state index contributed by atoms with van der Waals surface area (Å²) in [6, 6.07) is 13.2. The minimum Gasteiger partial charge on any atom is -0.469 e. The number of amides is 1. The fraction of sp³-hybridized carbons (Fsp3) is 0.316. The van der Waals surface area contributed by atoms with E-state index >= 15 is 0 Å². The van der Waals surface area contributed by atoms with Crippen molar-refractivity contribution >= 4 is 17.7 Å². The van der Waals surface area contributed by atoms with Crippen LogP contribution in [0, 0.1) is 0 Å². The number of carbonyl (C=O) groups excluding carboxylic acids is 2. The van der Waals surface area contributed by atoms with E-state index in [4.69, 9.17) is 4.74 Å². The minimum atomic E-state index is -0.372. The maximum Gasteiger partial charge on any atom is 0.311 e. The molecule has 0 fully saturated rings. The molecule has 1 aliphatic heterocycles. The molecule has 1 unspecified atom stereocenters. The summed E-state index contributed by atoms with van der Waals surface area (Å²) in [6.07, 6.45) is 0.910. The zero-order valence-corrected chi connectivity index (χ0v) is 14.0. The summed E-state index contributed by atoms with van der Waals surface area (Å²) in [7, 11) is 1.33. The summed E-state index contributed by atoms with van der Waals surface area (Å²) in [6.45, 7) is 0.613. The molecule has 3 rings (SSSR count). The number of ether oxygens (including phenoxy) is 2. The minimum absolute atomic E-state index is 0.0688. The summed E-state index contributed by atoms with van der Waals surface area (Å²) in [5, 5.41) is 2.77. The van der Waals surface area contributed by atoms with Gasteiger partial charge in [0.05, 0.1) is 38.4 Å². The van der Waals surface area contributed by atoms with Gasteiger partial charge < -0.3 is 14.8 Å². The maximum absolute atomic E-state index is 12.4. The number of esters is 1. The van der Waals surface area contributed by atoms with E-state index < -0.39 is 0 Å². The van der Waals surface area contributed by atoms with Gasteiger partial charge in [0.15, 0.2) is 0 Å². The quantitative estimate of drug-likeness (QED) is 0.846. The molecule has 0 spiro atoms. The first-order chi connectivity index (χ1) is 12.2. The smallest absolute Gasteiger partial charge is 0.311 e. The summed E-state index contributed by atoms with van der Waals surface area (Å²) in [5.41, 5.74) is 2.84. The van der Waals surface area contributed by atoms with Crippen molar-refractivity contribution in [2.45, 2.75) is 25.4 Å². The average molecular weight is 340 g/mol. The molecule has 25 heavy (non-hydrogen) atoms. The molecular weight excluding hydrogens is 320 g/mol. The molecule has 1 N–H and O–H groups in total. The normalized spacial score (nSPS) is 16.0. The maximum atomic E-state index is 12.4. The average Bonchev–Trinajstić information content (AvgIpc) is 2.62. The van der Waals surface area contributed by atoms with Gasteiger partial charge >= 0.3 is 5.97 Å². The van der Waals surface area contributed by atoms with Crippen LogP contribution in [0.4, 0.5) is 5.82 Å². The molecule has 0 saturated carbocycles. The lowest BCUT2D eigenvalue weighted by Crippen LogP contribution is -2.22. The second-order valence-electron chi connectivity index (χ2n) is 5.83. The Bertz CT molecular complexity index is 776. The van der Waals surface area contributed by atoms with E-state index in [-0.39, 0.29) is 30.8 Å². The lowest BCUT2D eigenvalue weighted by atomic mass is 9.95. The molecule has 2 heterocycles. The summed E-state index contributed by atoms with van der Waals surface area (Å²) in [4.78, 5) is 28.0. The van der Waals surface area contributed by atoms with Gasteiger partial charge in [0.2, 0.25) is 5.91 Å². The van der Waals surface area contributed by atoms with E-state index in [1.807, 2.05) is 18.2 Å². The molecule has 2 aromatic rings. The molecule has 1 amide bonds. The fourth-order valence-electron chi connectivity index (χ4n) is 2.88. The van der Waals surface area contributed by atoms with Gasteiger partial charge in [-0.15, -0.1) is 0 Å². The van der Waals surface area contributed by atoms with Crippen LogP contribution in [-0.4, -0.2) is 30.6 Å². The van der Waals surface area contributed by atoms with Gasteiger partial charge in [0.25, 0.3) is 0 Å². The number of methoxy groups -OCH3 is 1. The van der Waals surface area contributed by atoms with E-state index in [0.29, 0.717) is 18.1 Å². The predicted molar refractivity (Wildman–Crippen MR) is 92.0 cm³/mol. The molecule has 6 nitrogen and oxygen atoms in total. The van der Waals surface area contributed by atoms with Crippen LogP contribution in [0.25, 0.3) is 0 Å². The van der Waals surface area contributed by atoms with Crippen molar-refractivity contribution in [2.75, 3.05) is 19.0 Å². The SMILES string of the molecule is COC(=O)Cc1cccc(NC(=O)CC2OCCc3ccccc32)n1. The third-order valence-electron chi connectivity index (χ3n) is 4.09. The number of carbonyl (C=O) groups is 2. The van der Waals surface area contributed by atoms with Crippen LogP contribution in [0.1, 0.15) is 29.3 Å². The molecule has 1 aromatic carbocycles. The third-order valence-corrected chi connectivity index (χ3v) is 4.09. The Morgan fingerprint density at radius 2 is 2.08 bits per heavy atom. The van der Waals surface area contributed by atoms with Gasteiger partial charge in [-0.2, -0.15) is 0 Å². The zero-order chi connectivity index (χ0) is 17.6. The largest absolute Gasteiger partial charge is 0.469 e. The van der Waals surface area contributed by atoms with E-state index in [0.717, 1.165) is 12.0 Å². The van der Waals surface area contributed by atoms with E-state index in [1.54, 1.807) is 18.2 Å². The number of hydrogen-bond acceptors (Lipinski definition) is 5. The highest BCUT2D eigenvalue weighted by atomic mass is 16.5. The topological polar surface area (TPSA) is 77.5 Å². The molecular formula is C19H20N2O4. The molecule has 0 aliphatic carbocycles. The fourth-order valence-corrected chi connectivity index (χ4v) is 2.88. The summed E-state index contributed by atoms with van der Waals surface area (Å²) in [5.74, 6) is -0.136. The van der Waals surface area contributed by atoms with Gasteiger partial charge in [-0.05, 0) is 29.7 Å². The summed E-state index contributed by atoms with van der Waals surface area (Å²) < 4.78 is 10.4. The molecule has 1 aliphatic rings. The Balaban J connectivity index is 1.64. The Labute approximate surface area is 146 Å². The number of aromatic nitrogens is 1. The zero-order valence-electron chi connectivity index (χ0n) is 14.0. The molecule has 6 heteroatoms. The lowest BCUT2D eigenvalue weighted by Gasteiger charge is -2.25.